The maximum absolute atomic E-state index is 12.0. The van der Waals surface area contributed by atoms with E-state index in [4.69, 9.17) is 9.47 Å². The molecule has 0 N–H and O–H groups in total. The number of benzene rings is 2. The summed E-state index contributed by atoms with van der Waals surface area (Å²) in [6, 6.07) is 18.6. The van der Waals surface area contributed by atoms with Gasteiger partial charge in [-0.15, -0.1) is 0 Å². The van der Waals surface area contributed by atoms with E-state index >= 15 is 0 Å². The molecule has 0 unspecified atom stereocenters. The van der Waals surface area contributed by atoms with Crippen LogP contribution in [0, 0.1) is 5.92 Å². The molecule has 2 saturated carbocycles. The van der Waals surface area contributed by atoms with Gasteiger partial charge in [-0.2, -0.15) is 0 Å². The summed E-state index contributed by atoms with van der Waals surface area (Å²) in [5, 5.41) is 0. The Morgan fingerprint density at radius 2 is 1.26 bits per heavy atom. The molecule has 0 spiro atoms. The van der Waals surface area contributed by atoms with Crippen molar-refractivity contribution in [2.45, 2.75) is 128 Å². The molecule has 2 aliphatic rings. The van der Waals surface area contributed by atoms with Gasteiger partial charge in [-0.1, -0.05) is 94.5 Å². The minimum absolute atomic E-state index is 0.407. The lowest BCUT2D eigenvalue weighted by Gasteiger charge is -2.36. The highest BCUT2D eigenvalue weighted by Gasteiger charge is 2.35. The van der Waals surface area contributed by atoms with Gasteiger partial charge in [0.2, 0.25) is 0 Å². The van der Waals surface area contributed by atoms with Crippen molar-refractivity contribution in [3.8, 4) is 11.1 Å². The fourth-order valence-electron chi connectivity index (χ4n) is 6.56. The van der Waals surface area contributed by atoms with Crippen LogP contribution in [-0.2, 0) is 9.47 Å². The Balaban J connectivity index is 1.25. The molecule has 2 aromatic carbocycles. The molecule has 0 aromatic heterocycles. The smallest absolute Gasteiger partial charge is 0.434 e. The summed E-state index contributed by atoms with van der Waals surface area (Å²) >= 11 is 0. The van der Waals surface area contributed by atoms with E-state index in [1.165, 1.54) is 73.6 Å². The third kappa shape index (κ3) is 8.10. The van der Waals surface area contributed by atoms with E-state index in [-0.39, 0.29) is 0 Å². The highest BCUT2D eigenvalue weighted by molar-refractivity contribution is 5.64. The average Bonchev–Trinajstić information content (AvgIpc) is 2.94. The number of rotatable bonds is 11. The zero-order chi connectivity index (χ0) is 26.8. The number of carbonyl (C=O) groups excluding carboxylic acids is 1. The summed E-state index contributed by atoms with van der Waals surface area (Å²) in [4.78, 5) is 12.0. The molecule has 0 amide bonds. The van der Waals surface area contributed by atoms with Gasteiger partial charge in [0.1, 0.15) is 5.60 Å². The molecule has 208 valence electrons. The highest BCUT2D eigenvalue weighted by Crippen LogP contribution is 2.41. The Morgan fingerprint density at radius 3 is 1.79 bits per heavy atom. The van der Waals surface area contributed by atoms with Gasteiger partial charge in [0.05, 0.1) is 6.61 Å². The van der Waals surface area contributed by atoms with Crippen molar-refractivity contribution in [3.63, 3.8) is 0 Å². The lowest BCUT2D eigenvalue weighted by molar-refractivity contribution is -0.0467. The largest absolute Gasteiger partial charge is 0.508 e. The van der Waals surface area contributed by atoms with Crippen LogP contribution in [-0.4, -0.2) is 18.4 Å². The second-order valence-corrected chi connectivity index (χ2v) is 12.2. The topological polar surface area (TPSA) is 35.5 Å². The summed E-state index contributed by atoms with van der Waals surface area (Å²) in [5.74, 6) is 2.23. The van der Waals surface area contributed by atoms with Gasteiger partial charge >= 0.3 is 6.16 Å². The second kappa shape index (κ2) is 14.2. The summed E-state index contributed by atoms with van der Waals surface area (Å²) in [5.41, 5.74) is 5.11. The number of hydrogen-bond donors (Lipinski definition) is 0. The number of carbonyl (C=O) groups is 1. The minimum Gasteiger partial charge on any atom is -0.434 e. The zero-order valence-electron chi connectivity index (χ0n) is 24.2. The lowest BCUT2D eigenvalue weighted by atomic mass is 9.76. The molecule has 38 heavy (non-hydrogen) atoms. The molecule has 3 heteroatoms. The van der Waals surface area contributed by atoms with E-state index < -0.39 is 11.8 Å². The molecule has 0 saturated heterocycles. The first-order chi connectivity index (χ1) is 18.5. The van der Waals surface area contributed by atoms with Crippen LogP contribution in [0.3, 0.4) is 0 Å². The first-order valence-electron chi connectivity index (χ1n) is 15.6. The van der Waals surface area contributed by atoms with Gasteiger partial charge in [0.15, 0.2) is 0 Å². The molecular formula is C35H50O3. The zero-order valence-corrected chi connectivity index (χ0v) is 24.2. The van der Waals surface area contributed by atoms with E-state index in [2.05, 4.69) is 69.3 Å². The van der Waals surface area contributed by atoms with E-state index in [0.29, 0.717) is 12.5 Å². The van der Waals surface area contributed by atoms with Crippen LogP contribution in [0.5, 0.6) is 0 Å². The van der Waals surface area contributed by atoms with Crippen molar-refractivity contribution in [3.05, 3.63) is 59.7 Å². The quantitative estimate of drug-likeness (QED) is 0.219. The number of unbranched alkanes of at least 4 members (excludes halogenated alkanes) is 3. The van der Waals surface area contributed by atoms with Crippen LogP contribution in [0.25, 0.3) is 11.1 Å². The van der Waals surface area contributed by atoms with Crippen molar-refractivity contribution < 1.29 is 14.3 Å². The standard InChI is InChI=1S/C35H50O3/c1-4-6-8-9-27-10-12-28(13-11-27)29-14-16-30(17-15-29)31-18-20-32(21-19-31)33-22-24-35(3,25-23-33)38-34(36)37-26-7-5-2/h14-21,27-28,33H,4-13,22-26H2,1-3H3/t27-,28-,33?,35?. The highest BCUT2D eigenvalue weighted by atomic mass is 16.7. The SMILES string of the molecule is CCCCC[C@H]1CC[C@H](c2ccc(-c3ccc(C4CCC(C)(OC(=O)OCCCC)CC4)cc3)cc2)CC1. The Labute approximate surface area is 231 Å². The molecule has 2 fully saturated rings. The van der Waals surface area contributed by atoms with Gasteiger partial charge in [-0.05, 0) is 105 Å². The molecule has 0 bridgehead atoms. The lowest BCUT2D eigenvalue weighted by Crippen LogP contribution is -2.36. The molecule has 0 atom stereocenters. The monoisotopic (exact) mass is 518 g/mol. The van der Waals surface area contributed by atoms with Crippen LogP contribution >= 0.6 is 0 Å². The molecule has 4 rings (SSSR count). The first kappa shape index (κ1) is 28.7. The normalized spacial score (nSPS) is 25.6. The van der Waals surface area contributed by atoms with Gasteiger partial charge in [0.25, 0.3) is 0 Å². The molecule has 2 aliphatic carbocycles. The third-order valence-corrected chi connectivity index (χ3v) is 9.25. The fraction of sp³-hybridized carbons (Fsp3) is 0.629. The van der Waals surface area contributed by atoms with E-state index in [1.807, 2.05) is 0 Å². The Hall–Kier alpha value is -2.29. The van der Waals surface area contributed by atoms with Crippen molar-refractivity contribution in [2.75, 3.05) is 6.61 Å². The van der Waals surface area contributed by atoms with Gasteiger partial charge in [-0.3, -0.25) is 0 Å². The van der Waals surface area contributed by atoms with E-state index in [9.17, 15) is 4.79 Å². The van der Waals surface area contributed by atoms with Crippen LogP contribution in [0.15, 0.2) is 48.5 Å². The molecular weight excluding hydrogens is 468 g/mol. The molecule has 0 aliphatic heterocycles. The van der Waals surface area contributed by atoms with Crippen LogP contribution in [0.2, 0.25) is 0 Å². The summed E-state index contributed by atoms with van der Waals surface area (Å²) in [7, 11) is 0. The van der Waals surface area contributed by atoms with Gasteiger partial charge < -0.3 is 9.47 Å². The van der Waals surface area contributed by atoms with Gasteiger partial charge in [-0.25, -0.2) is 4.79 Å². The predicted octanol–water partition coefficient (Wildman–Crippen LogP) is 10.6. The summed E-state index contributed by atoms with van der Waals surface area (Å²) < 4.78 is 10.9. The predicted molar refractivity (Wildman–Crippen MR) is 158 cm³/mol. The Morgan fingerprint density at radius 1 is 0.737 bits per heavy atom. The molecule has 2 aromatic rings. The number of hydrogen-bond acceptors (Lipinski definition) is 3. The van der Waals surface area contributed by atoms with Crippen LogP contribution in [0.4, 0.5) is 4.79 Å². The van der Waals surface area contributed by atoms with Crippen molar-refractivity contribution in [1.82, 2.24) is 0 Å². The average molecular weight is 519 g/mol. The minimum atomic E-state index is -0.509. The van der Waals surface area contributed by atoms with Crippen LogP contribution < -0.4 is 0 Å². The maximum atomic E-state index is 12.0. The third-order valence-electron chi connectivity index (χ3n) is 9.25. The van der Waals surface area contributed by atoms with Crippen LogP contribution in [0.1, 0.15) is 134 Å². The number of ether oxygens (including phenoxy) is 2. The first-order valence-corrected chi connectivity index (χ1v) is 15.6. The summed E-state index contributed by atoms with van der Waals surface area (Å²) in [6.45, 7) is 6.88. The molecule has 0 heterocycles. The van der Waals surface area contributed by atoms with Gasteiger partial charge in [0, 0.05) is 0 Å². The molecule has 0 radical (unpaired) electrons. The van der Waals surface area contributed by atoms with Crippen molar-refractivity contribution >= 4 is 6.16 Å². The second-order valence-electron chi connectivity index (χ2n) is 12.2. The Kier molecular flexibility index (Phi) is 10.7. The summed E-state index contributed by atoms with van der Waals surface area (Å²) in [6.07, 6.45) is 16.3. The van der Waals surface area contributed by atoms with Crippen molar-refractivity contribution in [2.24, 2.45) is 5.92 Å². The van der Waals surface area contributed by atoms with E-state index in [1.54, 1.807) is 0 Å². The molecule has 3 nitrogen and oxygen atoms in total. The maximum Gasteiger partial charge on any atom is 0.508 e. The Bertz CT molecular complexity index is 961. The fourth-order valence-corrected chi connectivity index (χ4v) is 6.56. The van der Waals surface area contributed by atoms with Crippen molar-refractivity contribution in [1.29, 1.82) is 0 Å². The van der Waals surface area contributed by atoms with E-state index in [0.717, 1.165) is 50.4 Å².